The average Bonchev–Trinajstić information content (AvgIpc) is 2.60. The number of alkyl carbamates (subject to hydrolysis) is 1. The molecular weight excluding hydrogens is 346 g/mol. The van der Waals surface area contributed by atoms with E-state index in [0.29, 0.717) is 13.1 Å². The van der Waals surface area contributed by atoms with Gasteiger partial charge in [0.05, 0.1) is 13.2 Å². The summed E-state index contributed by atoms with van der Waals surface area (Å²) in [6.45, 7) is 15.5. The SMILES string of the molecule is CCNC(=NCCCNC(=O)OC(C)(C)C)NCCCCN1CCOCC1. The molecule has 27 heavy (non-hydrogen) atoms. The molecule has 0 aromatic carbocycles. The summed E-state index contributed by atoms with van der Waals surface area (Å²) in [5.74, 6) is 0.834. The minimum atomic E-state index is -0.466. The molecular formula is C19H39N5O3. The Morgan fingerprint density at radius 2 is 1.78 bits per heavy atom. The molecule has 0 aromatic rings. The van der Waals surface area contributed by atoms with Crippen LogP contribution in [0, 0.1) is 0 Å². The lowest BCUT2D eigenvalue weighted by atomic mass is 10.2. The van der Waals surface area contributed by atoms with E-state index in [9.17, 15) is 4.79 Å². The number of rotatable bonds is 10. The third-order valence-electron chi connectivity index (χ3n) is 3.91. The number of hydrogen-bond donors (Lipinski definition) is 3. The quantitative estimate of drug-likeness (QED) is 0.301. The van der Waals surface area contributed by atoms with Gasteiger partial charge in [0.15, 0.2) is 5.96 Å². The Kier molecular flexibility index (Phi) is 11.8. The van der Waals surface area contributed by atoms with Gasteiger partial charge in [0.1, 0.15) is 5.60 Å². The average molecular weight is 386 g/mol. The molecule has 1 saturated heterocycles. The summed E-state index contributed by atoms with van der Waals surface area (Å²) in [5.41, 5.74) is -0.466. The molecule has 0 aliphatic carbocycles. The number of ether oxygens (including phenoxy) is 2. The van der Waals surface area contributed by atoms with Gasteiger partial charge in [0.25, 0.3) is 0 Å². The summed E-state index contributed by atoms with van der Waals surface area (Å²) in [5, 5.41) is 9.38. The van der Waals surface area contributed by atoms with Gasteiger partial charge in [0, 0.05) is 39.3 Å². The first-order chi connectivity index (χ1) is 12.9. The van der Waals surface area contributed by atoms with E-state index < -0.39 is 5.60 Å². The van der Waals surface area contributed by atoms with Crippen molar-refractivity contribution in [3.05, 3.63) is 0 Å². The van der Waals surface area contributed by atoms with Gasteiger partial charge in [-0.2, -0.15) is 0 Å². The number of guanidine groups is 1. The molecule has 3 N–H and O–H groups in total. The van der Waals surface area contributed by atoms with E-state index in [2.05, 4.69) is 32.8 Å². The van der Waals surface area contributed by atoms with Gasteiger partial charge >= 0.3 is 6.09 Å². The Labute approximate surface area is 164 Å². The van der Waals surface area contributed by atoms with Gasteiger partial charge in [-0.1, -0.05) is 0 Å². The Morgan fingerprint density at radius 1 is 1.07 bits per heavy atom. The Morgan fingerprint density at radius 3 is 2.44 bits per heavy atom. The molecule has 1 amide bonds. The van der Waals surface area contributed by atoms with Crippen molar-refractivity contribution >= 4 is 12.1 Å². The lowest BCUT2D eigenvalue weighted by Crippen LogP contribution is -2.39. The molecule has 0 bridgehead atoms. The summed E-state index contributed by atoms with van der Waals surface area (Å²) in [6, 6.07) is 0. The number of morpholine rings is 1. The summed E-state index contributed by atoms with van der Waals surface area (Å²) in [4.78, 5) is 18.6. The first kappa shape index (κ1) is 23.5. The zero-order chi connectivity index (χ0) is 20.0. The van der Waals surface area contributed by atoms with Gasteiger partial charge in [-0.25, -0.2) is 4.79 Å². The van der Waals surface area contributed by atoms with Crippen molar-refractivity contribution in [3.63, 3.8) is 0 Å². The highest BCUT2D eigenvalue weighted by Crippen LogP contribution is 2.06. The van der Waals surface area contributed by atoms with Crippen molar-refractivity contribution in [3.8, 4) is 0 Å². The summed E-state index contributed by atoms with van der Waals surface area (Å²) in [6.07, 6.45) is 2.68. The maximum Gasteiger partial charge on any atom is 0.407 e. The maximum atomic E-state index is 11.6. The zero-order valence-corrected chi connectivity index (χ0v) is 17.6. The number of hydrogen-bond acceptors (Lipinski definition) is 5. The van der Waals surface area contributed by atoms with Crippen LogP contribution in [0.25, 0.3) is 0 Å². The number of carbonyl (C=O) groups is 1. The number of unbranched alkanes of at least 4 members (excludes halogenated alkanes) is 1. The molecule has 1 aliphatic rings. The lowest BCUT2D eigenvalue weighted by molar-refractivity contribution is 0.0372. The largest absolute Gasteiger partial charge is 0.444 e. The van der Waals surface area contributed by atoms with Crippen LogP contribution in [0.1, 0.15) is 47.0 Å². The molecule has 1 aliphatic heterocycles. The molecule has 158 valence electrons. The van der Waals surface area contributed by atoms with E-state index in [0.717, 1.165) is 64.7 Å². The molecule has 1 fully saturated rings. The van der Waals surface area contributed by atoms with Crippen LogP contribution in [0.5, 0.6) is 0 Å². The van der Waals surface area contributed by atoms with Gasteiger partial charge < -0.3 is 25.4 Å². The van der Waals surface area contributed by atoms with E-state index in [4.69, 9.17) is 9.47 Å². The van der Waals surface area contributed by atoms with Crippen molar-refractivity contribution in [2.45, 2.75) is 52.6 Å². The predicted octanol–water partition coefficient (Wildman–Crippen LogP) is 1.57. The highest BCUT2D eigenvalue weighted by atomic mass is 16.6. The van der Waals surface area contributed by atoms with Gasteiger partial charge in [0.2, 0.25) is 0 Å². The van der Waals surface area contributed by atoms with Crippen molar-refractivity contribution in [2.75, 3.05) is 59.0 Å². The number of nitrogens with zero attached hydrogens (tertiary/aromatic N) is 2. The molecule has 0 aromatic heterocycles. The smallest absolute Gasteiger partial charge is 0.407 e. The molecule has 0 atom stereocenters. The van der Waals surface area contributed by atoms with Crippen molar-refractivity contribution in [1.82, 2.24) is 20.9 Å². The molecule has 8 nitrogen and oxygen atoms in total. The van der Waals surface area contributed by atoms with Crippen LogP contribution in [0.15, 0.2) is 4.99 Å². The monoisotopic (exact) mass is 385 g/mol. The zero-order valence-electron chi connectivity index (χ0n) is 17.6. The minimum Gasteiger partial charge on any atom is -0.444 e. The topological polar surface area (TPSA) is 87.2 Å². The van der Waals surface area contributed by atoms with E-state index in [-0.39, 0.29) is 6.09 Å². The first-order valence-corrected chi connectivity index (χ1v) is 10.2. The van der Waals surface area contributed by atoms with Gasteiger partial charge in [-0.15, -0.1) is 0 Å². The Balaban J connectivity index is 2.11. The van der Waals surface area contributed by atoms with Crippen molar-refractivity contribution in [2.24, 2.45) is 4.99 Å². The molecule has 1 heterocycles. The van der Waals surface area contributed by atoms with Crippen LogP contribution in [0.4, 0.5) is 4.79 Å². The Bertz CT molecular complexity index is 432. The lowest BCUT2D eigenvalue weighted by Gasteiger charge is -2.26. The van der Waals surface area contributed by atoms with Crippen LogP contribution in [0.3, 0.4) is 0 Å². The van der Waals surface area contributed by atoms with Gasteiger partial charge in [-0.05, 0) is 53.5 Å². The number of carbonyl (C=O) groups excluding carboxylic acids is 1. The Hall–Kier alpha value is -1.54. The second kappa shape index (κ2) is 13.6. The molecule has 0 spiro atoms. The maximum absolute atomic E-state index is 11.6. The van der Waals surface area contributed by atoms with Crippen molar-refractivity contribution in [1.29, 1.82) is 0 Å². The highest BCUT2D eigenvalue weighted by Gasteiger charge is 2.15. The number of amides is 1. The standard InChI is InChI=1S/C19H39N5O3/c1-5-20-17(21-9-6-7-12-24-13-15-26-16-14-24)22-10-8-11-23-18(25)27-19(2,3)4/h5-16H2,1-4H3,(H,23,25)(H2,20,21,22). The molecule has 8 heteroatoms. The van der Waals surface area contributed by atoms with Crippen molar-refractivity contribution < 1.29 is 14.3 Å². The number of aliphatic imine (C=N–C) groups is 1. The first-order valence-electron chi connectivity index (χ1n) is 10.2. The van der Waals surface area contributed by atoms with E-state index in [1.165, 1.54) is 6.42 Å². The fourth-order valence-electron chi connectivity index (χ4n) is 2.61. The van der Waals surface area contributed by atoms with E-state index >= 15 is 0 Å². The van der Waals surface area contributed by atoms with Gasteiger partial charge in [-0.3, -0.25) is 9.89 Å². The van der Waals surface area contributed by atoms with E-state index in [1.54, 1.807) is 0 Å². The van der Waals surface area contributed by atoms with Crippen LogP contribution in [0.2, 0.25) is 0 Å². The van der Waals surface area contributed by atoms with E-state index in [1.807, 2.05) is 20.8 Å². The summed E-state index contributed by atoms with van der Waals surface area (Å²) >= 11 is 0. The highest BCUT2D eigenvalue weighted by molar-refractivity contribution is 5.79. The minimum absolute atomic E-state index is 0.378. The normalized spacial score (nSPS) is 16.1. The molecule has 0 unspecified atom stereocenters. The molecule has 0 radical (unpaired) electrons. The summed E-state index contributed by atoms with van der Waals surface area (Å²) < 4.78 is 10.6. The summed E-state index contributed by atoms with van der Waals surface area (Å²) in [7, 11) is 0. The molecule has 1 rings (SSSR count). The second-order valence-corrected chi connectivity index (χ2v) is 7.63. The van der Waals surface area contributed by atoms with Crippen LogP contribution in [-0.2, 0) is 9.47 Å². The van der Waals surface area contributed by atoms with Crippen LogP contribution < -0.4 is 16.0 Å². The second-order valence-electron chi connectivity index (χ2n) is 7.63. The molecule has 0 saturated carbocycles. The fourth-order valence-corrected chi connectivity index (χ4v) is 2.61. The third-order valence-corrected chi connectivity index (χ3v) is 3.91. The fraction of sp³-hybridized carbons (Fsp3) is 0.895. The van der Waals surface area contributed by atoms with Crippen LogP contribution >= 0.6 is 0 Å². The third kappa shape index (κ3) is 13.3. The van der Waals surface area contributed by atoms with Crippen LogP contribution in [-0.4, -0.2) is 81.6 Å². The predicted molar refractivity (Wildman–Crippen MR) is 109 cm³/mol. The number of nitrogens with one attached hydrogen (secondary N) is 3.